The Morgan fingerprint density at radius 3 is 3.00 bits per heavy atom. The van der Waals surface area contributed by atoms with Crippen LogP contribution in [0.1, 0.15) is 18.3 Å². The van der Waals surface area contributed by atoms with Gasteiger partial charge in [-0.1, -0.05) is 25.1 Å². The molecule has 21 heavy (non-hydrogen) atoms. The Bertz CT molecular complexity index is 747. The summed E-state index contributed by atoms with van der Waals surface area (Å²) in [4.78, 5) is 4.46. The zero-order valence-electron chi connectivity index (χ0n) is 12.4. The fraction of sp³-hybridized carbons (Fsp3) is 0.312. The maximum Gasteiger partial charge on any atom is 0.132 e. The normalized spacial score (nSPS) is 11.0. The molecule has 1 aromatic carbocycles. The van der Waals surface area contributed by atoms with Crippen molar-refractivity contribution in [2.75, 3.05) is 11.9 Å². The van der Waals surface area contributed by atoms with Crippen LogP contribution < -0.4 is 5.32 Å². The minimum atomic E-state index is 0.831. The molecule has 2 heterocycles. The molecule has 1 N–H and O–H groups in total. The van der Waals surface area contributed by atoms with Crippen molar-refractivity contribution < 1.29 is 0 Å². The van der Waals surface area contributed by atoms with Crippen molar-refractivity contribution in [3.05, 3.63) is 48.2 Å². The lowest BCUT2D eigenvalue weighted by molar-refractivity contribution is 0.681. The second-order valence-electron chi connectivity index (χ2n) is 5.05. The van der Waals surface area contributed by atoms with E-state index >= 15 is 0 Å². The molecule has 108 valence electrons. The fourth-order valence-electron chi connectivity index (χ4n) is 2.53. The van der Waals surface area contributed by atoms with Crippen LogP contribution in [-0.2, 0) is 13.0 Å². The van der Waals surface area contributed by atoms with Gasteiger partial charge in [-0.15, -0.1) is 10.2 Å². The number of nitrogens with zero attached hydrogens (tertiary/aromatic N) is 4. The highest BCUT2D eigenvalue weighted by atomic mass is 15.3. The maximum absolute atomic E-state index is 4.46. The molecule has 2 aromatic heterocycles. The minimum Gasteiger partial charge on any atom is -0.383 e. The van der Waals surface area contributed by atoms with Gasteiger partial charge in [-0.05, 0) is 18.6 Å². The Morgan fingerprint density at radius 2 is 2.14 bits per heavy atom. The standard InChI is InChI=1S/C16H19N5/c1-3-15-20-19-11-21(15)10-9-17-14-7-8-18-16-12(2)5-4-6-13(14)16/h4-8,11H,3,9-10H2,1-2H3,(H,17,18). The summed E-state index contributed by atoms with van der Waals surface area (Å²) in [5, 5.41) is 12.7. The average Bonchev–Trinajstić information content (AvgIpc) is 2.96. The molecule has 0 spiro atoms. The van der Waals surface area contributed by atoms with E-state index in [9.17, 15) is 0 Å². The van der Waals surface area contributed by atoms with Crippen molar-refractivity contribution in [2.45, 2.75) is 26.8 Å². The number of fused-ring (bicyclic) bond motifs is 1. The van der Waals surface area contributed by atoms with Gasteiger partial charge in [0.15, 0.2) is 0 Å². The Balaban J connectivity index is 1.75. The molecule has 5 nitrogen and oxygen atoms in total. The zero-order chi connectivity index (χ0) is 14.7. The SMILES string of the molecule is CCc1nncn1CCNc1ccnc2c(C)cccc12. The largest absolute Gasteiger partial charge is 0.383 e. The van der Waals surface area contributed by atoms with Crippen LogP contribution in [0.2, 0.25) is 0 Å². The topological polar surface area (TPSA) is 55.6 Å². The molecule has 0 amide bonds. The summed E-state index contributed by atoms with van der Waals surface area (Å²) in [7, 11) is 0. The van der Waals surface area contributed by atoms with Gasteiger partial charge in [0, 0.05) is 36.8 Å². The smallest absolute Gasteiger partial charge is 0.132 e. The average molecular weight is 281 g/mol. The van der Waals surface area contributed by atoms with Crippen LogP contribution in [0.25, 0.3) is 10.9 Å². The molecular formula is C16H19N5. The number of rotatable bonds is 5. The number of nitrogens with one attached hydrogen (secondary N) is 1. The van der Waals surface area contributed by atoms with Crippen LogP contribution in [0.3, 0.4) is 0 Å². The van der Waals surface area contributed by atoms with Gasteiger partial charge >= 0.3 is 0 Å². The van der Waals surface area contributed by atoms with Gasteiger partial charge in [0.25, 0.3) is 0 Å². The van der Waals surface area contributed by atoms with Gasteiger partial charge in [-0.2, -0.15) is 0 Å². The third kappa shape index (κ3) is 2.72. The number of para-hydroxylation sites is 1. The van der Waals surface area contributed by atoms with E-state index in [1.807, 2.05) is 12.3 Å². The van der Waals surface area contributed by atoms with Crippen molar-refractivity contribution in [1.82, 2.24) is 19.7 Å². The molecule has 0 aliphatic rings. The number of hydrogen-bond donors (Lipinski definition) is 1. The van der Waals surface area contributed by atoms with E-state index in [0.717, 1.165) is 41.9 Å². The van der Waals surface area contributed by atoms with Crippen LogP contribution in [0.5, 0.6) is 0 Å². The Labute approximate surface area is 124 Å². The summed E-state index contributed by atoms with van der Waals surface area (Å²) in [6.45, 7) is 5.86. The van der Waals surface area contributed by atoms with Crippen molar-refractivity contribution in [3.8, 4) is 0 Å². The van der Waals surface area contributed by atoms with E-state index in [1.165, 1.54) is 5.56 Å². The Hall–Kier alpha value is -2.43. The number of aryl methyl sites for hydroxylation is 2. The third-order valence-electron chi connectivity index (χ3n) is 3.65. The van der Waals surface area contributed by atoms with E-state index in [-0.39, 0.29) is 0 Å². The predicted molar refractivity (Wildman–Crippen MR) is 84.4 cm³/mol. The second-order valence-corrected chi connectivity index (χ2v) is 5.05. The molecule has 0 saturated carbocycles. The number of hydrogen-bond acceptors (Lipinski definition) is 4. The number of benzene rings is 1. The quantitative estimate of drug-likeness (QED) is 0.781. The first kappa shape index (κ1) is 13.5. The van der Waals surface area contributed by atoms with Gasteiger partial charge in [-0.25, -0.2) is 0 Å². The molecule has 0 fully saturated rings. The summed E-state index contributed by atoms with van der Waals surface area (Å²) in [5.74, 6) is 1.02. The molecule has 0 radical (unpaired) electrons. The number of anilines is 1. The van der Waals surface area contributed by atoms with Crippen molar-refractivity contribution in [3.63, 3.8) is 0 Å². The van der Waals surface area contributed by atoms with E-state index in [4.69, 9.17) is 0 Å². The first-order chi connectivity index (χ1) is 10.3. The summed E-state index contributed by atoms with van der Waals surface area (Å²) in [6, 6.07) is 8.28. The highest BCUT2D eigenvalue weighted by Gasteiger charge is 2.04. The molecule has 0 atom stereocenters. The van der Waals surface area contributed by atoms with Crippen LogP contribution in [0.4, 0.5) is 5.69 Å². The van der Waals surface area contributed by atoms with E-state index in [1.54, 1.807) is 6.33 Å². The second kappa shape index (κ2) is 5.91. The van der Waals surface area contributed by atoms with E-state index in [2.05, 4.69) is 57.1 Å². The van der Waals surface area contributed by atoms with Crippen molar-refractivity contribution in [1.29, 1.82) is 0 Å². The first-order valence-electron chi connectivity index (χ1n) is 7.24. The molecule has 0 saturated heterocycles. The number of pyridine rings is 1. The summed E-state index contributed by atoms with van der Waals surface area (Å²) in [6.07, 6.45) is 4.54. The molecular weight excluding hydrogens is 262 g/mol. The zero-order valence-corrected chi connectivity index (χ0v) is 12.4. The van der Waals surface area contributed by atoms with E-state index in [0.29, 0.717) is 0 Å². The van der Waals surface area contributed by atoms with Crippen LogP contribution in [0, 0.1) is 6.92 Å². The highest BCUT2D eigenvalue weighted by molar-refractivity contribution is 5.92. The maximum atomic E-state index is 4.46. The highest BCUT2D eigenvalue weighted by Crippen LogP contribution is 2.23. The molecule has 5 heteroatoms. The minimum absolute atomic E-state index is 0.831. The summed E-state index contributed by atoms with van der Waals surface area (Å²) in [5.41, 5.74) is 3.37. The number of aromatic nitrogens is 4. The lowest BCUT2D eigenvalue weighted by Gasteiger charge is -2.11. The van der Waals surface area contributed by atoms with Gasteiger partial charge in [0.2, 0.25) is 0 Å². The lowest BCUT2D eigenvalue weighted by atomic mass is 10.1. The molecule has 0 bridgehead atoms. The Morgan fingerprint density at radius 1 is 1.24 bits per heavy atom. The van der Waals surface area contributed by atoms with Crippen LogP contribution >= 0.6 is 0 Å². The van der Waals surface area contributed by atoms with Crippen LogP contribution in [-0.4, -0.2) is 26.3 Å². The monoisotopic (exact) mass is 281 g/mol. The van der Waals surface area contributed by atoms with Crippen molar-refractivity contribution in [2.24, 2.45) is 0 Å². The van der Waals surface area contributed by atoms with E-state index < -0.39 is 0 Å². The summed E-state index contributed by atoms with van der Waals surface area (Å²) < 4.78 is 2.08. The molecule has 0 aliphatic carbocycles. The third-order valence-corrected chi connectivity index (χ3v) is 3.65. The molecule has 3 rings (SSSR count). The first-order valence-corrected chi connectivity index (χ1v) is 7.24. The molecule has 0 unspecified atom stereocenters. The lowest BCUT2D eigenvalue weighted by Crippen LogP contribution is -2.12. The van der Waals surface area contributed by atoms with Gasteiger partial charge in [0.1, 0.15) is 12.2 Å². The van der Waals surface area contributed by atoms with Gasteiger partial charge < -0.3 is 9.88 Å². The predicted octanol–water partition coefficient (Wildman–Crippen LogP) is 2.81. The fourth-order valence-corrected chi connectivity index (χ4v) is 2.53. The molecule has 0 aliphatic heterocycles. The van der Waals surface area contributed by atoms with Gasteiger partial charge in [0.05, 0.1) is 5.52 Å². The summed E-state index contributed by atoms with van der Waals surface area (Å²) >= 11 is 0. The van der Waals surface area contributed by atoms with Crippen molar-refractivity contribution >= 4 is 16.6 Å². The Kier molecular flexibility index (Phi) is 3.81. The molecule has 3 aromatic rings. The van der Waals surface area contributed by atoms with Gasteiger partial charge in [-0.3, -0.25) is 4.98 Å². The van der Waals surface area contributed by atoms with Crippen LogP contribution in [0.15, 0.2) is 36.8 Å².